The summed E-state index contributed by atoms with van der Waals surface area (Å²) in [6.07, 6.45) is 3.38. The first kappa shape index (κ1) is 25.4. The molecule has 0 saturated carbocycles. The van der Waals surface area contributed by atoms with E-state index >= 15 is 0 Å². The molecular weight excluding hydrogens is 472 g/mol. The number of aryl methyl sites for hydroxylation is 3. The van der Waals surface area contributed by atoms with Crippen LogP contribution < -0.4 is 5.73 Å². The number of hydrogen-bond acceptors (Lipinski definition) is 4. The zero-order valence-corrected chi connectivity index (χ0v) is 22.1. The Hall–Kier alpha value is -4.22. The van der Waals surface area contributed by atoms with Crippen LogP contribution in [-0.4, -0.2) is 16.0 Å². The molecule has 5 heteroatoms. The normalized spacial score (nSPS) is 14.7. The number of aromatic nitrogens is 1. The van der Waals surface area contributed by atoms with Crippen LogP contribution in [0.15, 0.2) is 95.7 Å². The third-order valence-corrected chi connectivity index (χ3v) is 7.48. The lowest BCUT2D eigenvalue weighted by Crippen LogP contribution is -2.28. The molecule has 5 rings (SSSR count). The molecule has 0 aliphatic heterocycles. The van der Waals surface area contributed by atoms with Crippen LogP contribution in [0.3, 0.4) is 0 Å². The van der Waals surface area contributed by atoms with E-state index in [4.69, 9.17) is 10.2 Å². The third kappa shape index (κ3) is 4.61. The summed E-state index contributed by atoms with van der Waals surface area (Å²) in [5.41, 5.74) is 12.2. The van der Waals surface area contributed by atoms with Crippen molar-refractivity contribution < 1.29 is 14.3 Å². The lowest BCUT2D eigenvalue weighted by Gasteiger charge is -2.28. The van der Waals surface area contributed by atoms with Gasteiger partial charge in [0.1, 0.15) is 16.9 Å². The Morgan fingerprint density at radius 1 is 0.921 bits per heavy atom. The number of pyridine rings is 1. The van der Waals surface area contributed by atoms with E-state index in [0.717, 1.165) is 44.3 Å². The number of benzene rings is 3. The maximum absolute atomic E-state index is 13.1. The molecule has 0 spiro atoms. The Kier molecular flexibility index (Phi) is 6.64. The topological polar surface area (TPSA) is 89.4 Å². The molecule has 0 aliphatic carbocycles. The highest BCUT2D eigenvalue weighted by Gasteiger charge is 2.34. The number of nitrogens with zero attached hydrogens (tertiary/aromatic N) is 1. The first-order valence-corrected chi connectivity index (χ1v) is 12.8. The molecule has 0 fully saturated rings. The van der Waals surface area contributed by atoms with Gasteiger partial charge in [-0.15, -0.1) is 0 Å². The number of rotatable bonds is 7. The number of hydrogen-bond donors (Lipinski definition) is 2. The van der Waals surface area contributed by atoms with Crippen LogP contribution in [-0.2, 0) is 10.4 Å². The second kappa shape index (κ2) is 9.92. The molecule has 38 heavy (non-hydrogen) atoms. The van der Waals surface area contributed by atoms with E-state index in [2.05, 4.69) is 37.0 Å². The van der Waals surface area contributed by atoms with Gasteiger partial charge in [0, 0.05) is 23.7 Å². The lowest BCUT2D eigenvalue weighted by molar-refractivity contribution is -0.119. The molecule has 1 amide bonds. The average Bonchev–Trinajstić information content (AvgIpc) is 3.33. The zero-order chi connectivity index (χ0) is 27.0. The summed E-state index contributed by atoms with van der Waals surface area (Å²) in [5.74, 6) is -0.852. The Morgan fingerprint density at radius 2 is 1.68 bits per heavy atom. The smallest absolute Gasteiger partial charge is 0.225 e. The number of aliphatic hydroxyl groups is 1. The van der Waals surface area contributed by atoms with Crippen molar-refractivity contribution >= 4 is 16.9 Å². The van der Waals surface area contributed by atoms with Crippen molar-refractivity contribution in [2.45, 2.75) is 45.1 Å². The SMILES string of the molecule is Cc1ccc([C@H](c2ccccc2)C(C(N)=O)c2ccc3oc(C(C)(O)c4ccncc4C)cc3c2)c(C)c1. The molecule has 3 atom stereocenters. The molecule has 2 aromatic heterocycles. The van der Waals surface area contributed by atoms with Crippen LogP contribution >= 0.6 is 0 Å². The standard InChI is InChI=1S/C33H32N2O3/c1-20-10-12-26(21(2)16-20)30(23-8-6-5-7-9-23)31(32(34)36)24-11-13-28-25(17-24)18-29(38-28)33(4,37)27-14-15-35-19-22(27)3/h5-19,30-31,37H,1-4H3,(H2,34,36)/t30-,31?,33?/m0/s1. The number of furan rings is 1. The van der Waals surface area contributed by atoms with Crippen LogP contribution in [0, 0.1) is 20.8 Å². The lowest BCUT2D eigenvalue weighted by atomic mass is 9.75. The molecule has 0 radical (unpaired) electrons. The molecule has 192 valence electrons. The fraction of sp³-hybridized carbons (Fsp3) is 0.212. The van der Waals surface area contributed by atoms with Gasteiger partial charge < -0.3 is 15.3 Å². The van der Waals surface area contributed by atoms with Gasteiger partial charge in [-0.05, 0) is 85.3 Å². The van der Waals surface area contributed by atoms with Gasteiger partial charge in [0.2, 0.25) is 5.91 Å². The van der Waals surface area contributed by atoms with E-state index in [1.54, 1.807) is 25.4 Å². The van der Waals surface area contributed by atoms with E-state index in [-0.39, 0.29) is 5.92 Å². The number of carbonyl (C=O) groups excluding carboxylic acids is 1. The molecule has 2 heterocycles. The summed E-state index contributed by atoms with van der Waals surface area (Å²) < 4.78 is 6.11. The predicted octanol–water partition coefficient (Wildman–Crippen LogP) is 6.41. The Morgan fingerprint density at radius 3 is 2.37 bits per heavy atom. The van der Waals surface area contributed by atoms with Crippen molar-refractivity contribution in [2.24, 2.45) is 5.73 Å². The van der Waals surface area contributed by atoms with Crippen molar-refractivity contribution in [2.75, 3.05) is 0 Å². The van der Waals surface area contributed by atoms with E-state index in [1.807, 2.05) is 61.5 Å². The van der Waals surface area contributed by atoms with E-state index in [9.17, 15) is 9.90 Å². The first-order chi connectivity index (χ1) is 18.2. The second-order valence-corrected chi connectivity index (χ2v) is 10.3. The fourth-order valence-electron chi connectivity index (χ4n) is 5.56. The number of carbonyl (C=O) groups is 1. The summed E-state index contributed by atoms with van der Waals surface area (Å²) in [7, 11) is 0. The second-order valence-electron chi connectivity index (χ2n) is 10.3. The maximum atomic E-state index is 13.1. The largest absolute Gasteiger partial charge is 0.458 e. The molecule has 3 N–H and O–H groups in total. The molecular formula is C33H32N2O3. The molecule has 5 nitrogen and oxygen atoms in total. The average molecular weight is 505 g/mol. The summed E-state index contributed by atoms with van der Waals surface area (Å²) in [4.78, 5) is 17.3. The molecule has 2 unspecified atom stereocenters. The minimum atomic E-state index is -1.35. The van der Waals surface area contributed by atoms with Gasteiger partial charge >= 0.3 is 0 Å². The Balaban J connectivity index is 1.63. The van der Waals surface area contributed by atoms with Crippen molar-refractivity contribution in [1.29, 1.82) is 0 Å². The highest BCUT2D eigenvalue weighted by molar-refractivity contribution is 5.87. The number of primary amides is 1. The minimum absolute atomic E-state index is 0.263. The van der Waals surface area contributed by atoms with Crippen molar-refractivity contribution in [3.05, 3.63) is 136 Å². The van der Waals surface area contributed by atoms with Crippen LogP contribution in [0.2, 0.25) is 0 Å². The summed E-state index contributed by atoms with van der Waals surface area (Å²) in [6.45, 7) is 7.76. The predicted molar refractivity (Wildman–Crippen MR) is 150 cm³/mol. The van der Waals surface area contributed by atoms with Crippen molar-refractivity contribution in [3.8, 4) is 0 Å². The first-order valence-electron chi connectivity index (χ1n) is 12.8. The Bertz CT molecular complexity index is 1620. The maximum Gasteiger partial charge on any atom is 0.225 e. The van der Waals surface area contributed by atoms with Crippen LogP contribution in [0.5, 0.6) is 0 Å². The van der Waals surface area contributed by atoms with Crippen molar-refractivity contribution in [1.82, 2.24) is 4.98 Å². The van der Waals surface area contributed by atoms with Gasteiger partial charge in [-0.3, -0.25) is 9.78 Å². The molecule has 5 aromatic rings. The van der Waals surface area contributed by atoms with Crippen molar-refractivity contribution in [3.63, 3.8) is 0 Å². The molecule has 0 aliphatic rings. The highest BCUT2D eigenvalue weighted by Crippen LogP contribution is 2.42. The van der Waals surface area contributed by atoms with Gasteiger partial charge in [0.15, 0.2) is 0 Å². The summed E-state index contributed by atoms with van der Waals surface area (Å²) >= 11 is 0. The summed E-state index contributed by atoms with van der Waals surface area (Å²) in [5, 5.41) is 12.2. The van der Waals surface area contributed by atoms with Crippen LogP contribution in [0.1, 0.15) is 63.5 Å². The van der Waals surface area contributed by atoms with Gasteiger partial charge in [-0.2, -0.15) is 0 Å². The molecule has 0 bridgehead atoms. The van der Waals surface area contributed by atoms with E-state index < -0.39 is 17.4 Å². The molecule has 3 aromatic carbocycles. The van der Waals surface area contributed by atoms with Gasteiger partial charge in [0.05, 0.1) is 5.92 Å². The zero-order valence-electron chi connectivity index (χ0n) is 22.1. The third-order valence-electron chi connectivity index (χ3n) is 7.48. The van der Waals surface area contributed by atoms with Gasteiger partial charge in [0.25, 0.3) is 0 Å². The minimum Gasteiger partial charge on any atom is -0.458 e. The number of fused-ring (bicyclic) bond motifs is 1. The summed E-state index contributed by atoms with van der Waals surface area (Å²) in [6, 6.07) is 25.7. The van der Waals surface area contributed by atoms with E-state index in [0.29, 0.717) is 11.3 Å². The quantitative estimate of drug-likeness (QED) is 0.268. The number of nitrogens with two attached hydrogens (primary N) is 1. The molecule has 0 saturated heterocycles. The van der Waals surface area contributed by atoms with Crippen LogP contribution in [0.25, 0.3) is 11.0 Å². The van der Waals surface area contributed by atoms with E-state index in [1.165, 1.54) is 0 Å². The fourth-order valence-corrected chi connectivity index (χ4v) is 5.56. The van der Waals surface area contributed by atoms with Crippen LogP contribution in [0.4, 0.5) is 0 Å². The number of amides is 1. The monoisotopic (exact) mass is 504 g/mol. The highest BCUT2D eigenvalue weighted by atomic mass is 16.4. The van der Waals surface area contributed by atoms with Gasteiger partial charge in [-0.1, -0.05) is 60.2 Å². The van der Waals surface area contributed by atoms with Gasteiger partial charge in [-0.25, -0.2) is 0 Å². The Labute approximate surface area is 223 Å².